The first-order valence-electron chi connectivity index (χ1n) is 5.29. The van der Waals surface area contributed by atoms with Crippen molar-refractivity contribution in [2.45, 2.75) is 4.90 Å². The van der Waals surface area contributed by atoms with Crippen LogP contribution in [-0.4, -0.2) is 24.2 Å². The van der Waals surface area contributed by atoms with Crippen molar-refractivity contribution in [3.8, 4) is 0 Å². The monoisotopic (exact) mass is 318 g/mol. The Bertz CT molecular complexity index is 495. The molecule has 0 aromatic heterocycles. The van der Waals surface area contributed by atoms with Gasteiger partial charge in [0.15, 0.2) is 0 Å². The van der Waals surface area contributed by atoms with Crippen molar-refractivity contribution in [3.63, 3.8) is 0 Å². The van der Waals surface area contributed by atoms with Crippen LogP contribution >= 0.6 is 35.0 Å². The van der Waals surface area contributed by atoms with Crippen LogP contribution in [0.25, 0.3) is 0 Å². The zero-order valence-electron chi connectivity index (χ0n) is 9.91. The Morgan fingerprint density at radius 2 is 2.11 bits per heavy atom. The third-order valence-corrected chi connectivity index (χ3v) is 3.64. The predicted molar refractivity (Wildman–Crippen MR) is 78.9 cm³/mol. The molecule has 7 heteroatoms. The standard InChI is InChI=1S/C12H12Cl2N2O2S/c1-2-5-15-12(18)16-11(17)7-19-10-6-8(13)3-4-9(10)14/h2-4,6H,1,5,7H2,(H2,15,16,17,18). The third kappa shape index (κ3) is 6.00. The number of nitrogens with one attached hydrogen (secondary N) is 2. The highest BCUT2D eigenvalue weighted by Crippen LogP contribution is 2.29. The lowest BCUT2D eigenvalue weighted by atomic mass is 10.4. The van der Waals surface area contributed by atoms with Crippen LogP contribution in [-0.2, 0) is 4.79 Å². The maximum absolute atomic E-state index is 11.5. The van der Waals surface area contributed by atoms with Crippen molar-refractivity contribution >= 4 is 46.9 Å². The summed E-state index contributed by atoms with van der Waals surface area (Å²) in [5, 5.41) is 5.67. The number of halogens is 2. The van der Waals surface area contributed by atoms with Crippen molar-refractivity contribution in [1.29, 1.82) is 0 Å². The highest BCUT2D eigenvalue weighted by Gasteiger charge is 2.09. The quantitative estimate of drug-likeness (QED) is 0.648. The molecule has 0 heterocycles. The molecule has 102 valence electrons. The second kappa shape index (κ2) is 8.09. The molecular formula is C12H12Cl2N2O2S. The van der Waals surface area contributed by atoms with Gasteiger partial charge in [0.25, 0.3) is 0 Å². The first-order chi connectivity index (χ1) is 9.02. The minimum atomic E-state index is -0.553. The van der Waals surface area contributed by atoms with Crippen molar-refractivity contribution in [2.24, 2.45) is 0 Å². The Morgan fingerprint density at radius 1 is 1.37 bits per heavy atom. The molecule has 0 bridgehead atoms. The number of imide groups is 1. The number of urea groups is 1. The van der Waals surface area contributed by atoms with Gasteiger partial charge in [0, 0.05) is 16.5 Å². The van der Waals surface area contributed by atoms with E-state index in [4.69, 9.17) is 23.2 Å². The fraction of sp³-hybridized carbons (Fsp3) is 0.167. The fourth-order valence-corrected chi connectivity index (χ4v) is 2.40. The fourth-order valence-electron chi connectivity index (χ4n) is 1.10. The second-order valence-corrected chi connectivity index (χ2v) is 5.27. The number of benzene rings is 1. The zero-order chi connectivity index (χ0) is 14.3. The maximum Gasteiger partial charge on any atom is 0.321 e. The van der Waals surface area contributed by atoms with Gasteiger partial charge in [-0.25, -0.2) is 4.79 Å². The van der Waals surface area contributed by atoms with Crippen molar-refractivity contribution in [1.82, 2.24) is 10.6 Å². The molecule has 2 N–H and O–H groups in total. The molecule has 3 amide bonds. The van der Waals surface area contributed by atoms with Gasteiger partial charge in [-0.1, -0.05) is 29.3 Å². The van der Waals surface area contributed by atoms with Gasteiger partial charge in [-0.15, -0.1) is 18.3 Å². The summed E-state index contributed by atoms with van der Waals surface area (Å²) < 4.78 is 0. The van der Waals surface area contributed by atoms with E-state index in [9.17, 15) is 9.59 Å². The van der Waals surface area contributed by atoms with Gasteiger partial charge in [-0.05, 0) is 18.2 Å². The van der Waals surface area contributed by atoms with E-state index < -0.39 is 11.9 Å². The summed E-state index contributed by atoms with van der Waals surface area (Å²) in [4.78, 5) is 23.4. The van der Waals surface area contributed by atoms with Gasteiger partial charge < -0.3 is 5.32 Å². The molecule has 0 fully saturated rings. The minimum Gasteiger partial charge on any atom is -0.334 e. The molecule has 0 aliphatic carbocycles. The molecule has 0 aliphatic rings. The number of hydrogen-bond donors (Lipinski definition) is 2. The van der Waals surface area contributed by atoms with Crippen molar-refractivity contribution < 1.29 is 9.59 Å². The van der Waals surface area contributed by atoms with E-state index in [2.05, 4.69) is 17.2 Å². The summed E-state index contributed by atoms with van der Waals surface area (Å²) in [5.74, 6) is -0.343. The normalized spacial score (nSPS) is 9.79. The number of thioether (sulfide) groups is 1. The van der Waals surface area contributed by atoms with Crippen molar-refractivity contribution in [2.75, 3.05) is 12.3 Å². The van der Waals surface area contributed by atoms with Crippen molar-refractivity contribution in [3.05, 3.63) is 40.9 Å². The van der Waals surface area contributed by atoms with E-state index in [0.717, 1.165) is 0 Å². The number of rotatable bonds is 5. The molecule has 1 rings (SSSR count). The smallest absolute Gasteiger partial charge is 0.321 e. The molecule has 19 heavy (non-hydrogen) atoms. The van der Waals surface area contributed by atoms with Gasteiger partial charge in [0.1, 0.15) is 0 Å². The van der Waals surface area contributed by atoms with E-state index in [1.165, 1.54) is 17.8 Å². The first-order valence-corrected chi connectivity index (χ1v) is 7.03. The highest BCUT2D eigenvalue weighted by molar-refractivity contribution is 8.00. The van der Waals surface area contributed by atoms with Gasteiger partial charge in [-0.3, -0.25) is 10.1 Å². The molecule has 4 nitrogen and oxygen atoms in total. The van der Waals surface area contributed by atoms with E-state index in [0.29, 0.717) is 21.5 Å². The minimum absolute atomic E-state index is 0.0710. The molecule has 0 aliphatic heterocycles. The predicted octanol–water partition coefficient (Wildman–Crippen LogP) is 3.10. The summed E-state index contributed by atoms with van der Waals surface area (Å²) in [6, 6.07) is 4.43. The third-order valence-electron chi connectivity index (χ3n) is 1.91. The zero-order valence-corrected chi connectivity index (χ0v) is 12.2. The van der Waals surface area contributed by atoms with Crippen LogP contribution in [0.3, 0.4) is 0 Å². The average Bonchev–Trinajstić information content (AvgIpc) is 2.37. The van der Waals surface area contributed by atoms with E-state index in [-0.39, 0.29) is 5.75 Å². The molecule has 0 saturated heterocycles. The van der Waals surface area contributed by atoms with E-state index in [1.54, 1.807) is 18.2 Å². The topological polar surface area (TPSA) is 58.2 Å². The van der Waals surface area contributed by atoms with Crippen LogP contribution in [0.1, 0.15) is 0 Å². The molecule has 1 aromatic rings. The van der Waals surface area contributed by atoms with Gasteiger partial charge in [0.05, 0.1) is 10.8 Å². The highest BCUT2D eigenvalue weighted by atomic mass is 35.5. The van der Waals surface area contributed by atoms with Gasteiger partial charge >= 0.3 is 6.03 Å². The lowest BCUT2D eigenvalue weighted by Gasteiger charge is -2.06. The maximum atomic E-state index is 11.5. The Morgan fingerprint density at radius 3 is 2.79 bits per heavy atom. The van der Waals surface area contributed by atoms with Crippen LogP contribution in [0.4, 0.5) is 4.79 Å². The summed E-state index contributed by atoms with van der Waals surface area (Å²) >= 11 is 13.0. The average molecular weight is 319 g/mol. The Labute approximate surface area is 125 Å². The lowest BCUT2D eigenvalue weighted by molar-refractivity contribution is -0.117. The Hall–Kier alpha value is -1.17. The summed E-state index contributed by atoms with van der Waals surface area (Å²) in [5.41, 5.74) is 0. The molecular weight excluding hydrogens is 307 g/mol. The molecule has 0 spiro atoms. The lowest BCUT2D eigenvalue weighted by Crippen LogP contribution is -2.40. The first kappa shape index (κ1) is 15.9. The molecule has 0 unspecified atom stereocenters. The van der Waals surface area contributed by atoms with Gasteiger partial charge in [-0.2, -0.15) is 0 Å². The van der Waals surface area contributed by atoms with E-state index >= 15 is 0 Å². The SMILES string of the molecule is C=CCNC(=O)NC(=O)CSc1cc(Cl)ccc1Cl. The molecule has 0 radical (unpaired) electrons. The Kier molecular flexibility index (Phi) is 6.77. The largest absolute Gasteiger partial charge is 0.334 e. The summed E-state index contributed by atoms with van der Waals surface area (Å²) in [6.45, 7) is 3.75. The number of carbonyl (C=O) groups is 2. The van der Waals surface area contributed by atoms with E-state index in [1.807, 2.05) is 0 Å². The number of carbonyl (C=O) groups excluding carboxylic acids is 2. The Balaban J connectivity index is 2.43. The summed E-state index contributed by atoms with van der Waals surface area (Å²) in [7, 11) is 0. The van der Waals surface area contributed by atoms with Crippen LogP contribution in [0, 0.1) is 0 Å². The second-order valence-electron chi connectivity index (χ2n) is 3.41. The van der Waals surface area contributed by atoms with Crippen LogP contribution in [0.5, 0.6) is 0 Å². The molecule has 0 atom stereocenters. The summed E-state index contributed by atoms with van der Waals surface area (Å²) in [6.07, 6.45) is 1.52. The van der Waals surface area contributed by atoms with Crippen LogP contribution in [0.2, 0.25) is 10.0 Å². The van der Waals surface area contributed by atoms with Gasteiger partial charge in [0.2, 0.25) is 5.91 Å². The molecule has 0 saturated carbocycles. The number of hydrogen-bond acceptors (Lipinski definition) is 3. The van der Waals surface area contributed by atoms with Crippen LogP contribution < -0.4 is 10.6 Å². The van der Waals surface area contributed by atoms with Crippen LogP contribution in [0.15, 0.2) is 35.7 Å². The number of amides is 3. The molecule has 1 aromatic carbocycles.